The summed E-state index contributed by atoms with van der Waals surface area (Å²) < 4.78 is 6.87. The van der Waals surface area contributed by atoms with Crippen molar-refractivity contribution in [3.05, 3.63) is 81.1 Å². The van der Waals surface area contributed by atoms with Gasteiger partial charge in [0.2, 0.25) is 0 Å². The van der Waals surface area contributed by atoms with E-state index >= 15 is 0 Å². The summed E-state index contributed by atoms with van der Waals surface area (Å²) in [6.45, 7) is 3.60. The highest BCUT2D eigenvalue weighted by molar-refractivity contribution is 6.33. The zero-order valence-corrected chi connectivity index (χ0v) is 18.5. The molecule has 1 fully saturated rings. The van der Waals surface area contributed by atoms with Crippen molar-refractivity contribution in [2.24, 2.45) is 0 Å². The maximum Gasteiger partial charge on any atom is 0.258 e. The van der Waals surface area contributed by atoms with Gasteiger partial charge in [-0.05, 0) is 42.7 Å². The van der Waals surface area contributed by atoms with E-state index < -0.39 is 0 Å². The number of rotatable bonds is 5. The fourth-order valence-electron chi connectivity index (χ4n) is 3.94. The highest BCUT2D eigenvalue weighted by atomic mass is 35.5. The minimum atomic E-state index is -0.0704. The first-order valence-electron chi connectivity index (χ1n) is 9.87. The quantitative estimate of drug-likeness (QED) is 0.545. The fraction of sp³-hybridized carbons (Fsp3) is 0.304. The number of aryl methyl sites for hydroxylation is 1. The van der Waals surface area contributed by atoms with Crippen LogP contribution >= 0.6 is 23.2 Å². The maximum absolute atomic E-state index is 13.2. The second-order valence-electron chi connectivity index (χ2n) is 7.51. The molecule has 1 atom stereocenters. The van der Waals surface area contributed by atoms with E-state index in [1.165, 1.54) is 5.56 Å². The molecule has 2 aromatic carbocycles. The van der Waals surface area contributed by atoms with Crippen molar-refractivity contribution in [2.75, 3.05) is 20.2 Å². The molecule has 0 aliphatic carbocycles. The summed E-state index contributed by atoms with van der Waals surface area (Å²) in [4.78, 5) is 15.1. The molecular weight excluding hydrogens is 421 g/mol. The van der Waals surface area contributed by atoms with Crippen LogP contribution in [0.2, 0.25) is 10.2 Å². The molecular formula is C23H23Cl2N3O2. The lowest BCUT2D eigenvalue weighted by atomic mass is 9.98. The van der Waals surface area contributed by atoms with Gasteiger partial charge in [0.1, 0.15) is 10.9 Å². The molecule has 0 radical (unpaired) electrons. The Morgan fingerprint density at radius 3 is 2.60 bits per heavy atom. The molecule has 0 bridgehead atoms. The monoisotopic (exact) mass is 443 g/mol. The summed E-state index contributed by atoms with van der Waals surface area (Å²) in [6, 6.07) is 15.6. The van der Waals surface area contributed by atoms with Gasteiger partial charge in [-0.2, -0.15) is 5.10 Å². The summed E-state index contributed by atoms with van der Waals surface area (Å²) in [7, 11) is 1.66. The second-order valence-corrected chi connectivity index (χ2v) is 8.28. The van der Waals surface area contributed by atoms with Crippen molar-refractivity contribution in [1.82, 2.24) is 14.7 Å². The smallest absolute Gasteiger partial charge is 0.258 e. The Labute approximate surface area is 186 Å². The van der Waals surface area contributed by atoms with Gasteiger partial charge in [0, 0.05) is 24.0 Å². The van der Waals surface area contributed by atoms with Gasteiger partial charge in [-0.25, -0.2) is 4.68 Å². The van der Waals surface area contributed by atoms with Gasteiger partial charge in [0.15, 0.2) is 0 Å². The van der Waals surface area contributed by atoms with Crippen molar-refractivity contribution in [3.8, 4) is 5.75 Å². The number of likely N-dealkylation sites (tertiary alicyclic amines) is 1. The Kier molecular flexibility index (Phi) is 6.02. The van der Waals surface area contributed by atoms with E-state index in [9.17, 15) is 4.79 Å². The molecule has 2 heterocycles. The molecule has 0 N–H and O–H groups in total. The van der Waals surface area contributed by atoms with Crippen LogP contribution in [0.4, 0.5) is 0 Å². The summed E-state index contributed by atoms with van der Waals surface area (Å²) in [5, 5.41) is 5.50. The SMILES string of the molecule is COc1ccc(C2CCN(C(=O)c3c(C)nn(Cc4ccccc4Cl)c3Cl)C2)cc1. The van der Waals surface area contributed by atoms with Crippen LogP contribution in [0.1, 0.15) is 39.5 Å². The first kappa shape index (κ1) is 20.8. The van der Waals surface area contributed by atoms with Gasteiger partial charge in [-0.15, -0.1) is 0 Å². The van der Waals surface area contributed by atoms with Crippen LogP contribution in [0.25, 0.3) is 0 Å². The minimum absolute atomic E-state index is 0.0704. The van der Waals surface area contributed by atoms with Gasteiger partial charge < -0.3 is 9.64 Å². The fourth-order valence-corrected chi connectivity index (χ4v) is 4.45. The highest BCUT2D eigenvalue weighted by Crippen LogP contribution is 2.31. The zero-order valence-electron chi connectivity index (χ0n) is 16.9. The molecule has 1 unspecified atom stereocenters. The number of benzene rings is 2. The number of hydrogen-bond donors (Lipinski definition) is 0. The molecule has 7 heteroatoms. The number of nitrogens with zero attached hydrogens (tertiary/aromatic N) is 3. The van der Waals surface area contributed by atoms with Crippen molar-refractivity contribution in [1.29, 1.82) is 0 Å². The van der Waals surface area contributed by atoms with E-state index in [1.807, 2.05) is 48.2 Å². The number of carbonyl (C=O) groups is 1. The predicted molar refractivity (Wildman–Crippen MR) is 119 cm³/mol. The van der Waals surface area contributed by atoms with Gasteiger partial charge in [-0.3, -0.25) is 4.79 Å². The zero-order chi connectivity index (χ0) is 21.3. The number of carbonyl (C=O) groups excluding carboxylic acids is 1. The molecule has 4 rings (SSSR count). The third-order valence-corrected chi connectivity index (χ3v) is 6.37. The second kappa shape index (κ2) is 8.70. The summed E-state index contributed by atoms with van der Waals surface area (Å²) in [6.07, 6.45) is 0.919. The first-order valence-corrected chi connectivity index (χ1v) is 10.6. The Hall–Kier alpha value is -2.50. The summed E-state index contributed by atoms with van der Waals surface area (Å²) in [5.74, 6) is 1.06. The van der Waals surface area contributed by atoms with Crippen molar-refractivity contribution < 1.29 is 9.53 Å². The predicted octanol–water partition coefficient (Wildman–Crippen LogP) is 5.18. The first-order chi connectivity index (χ1) is 14.5. The Bertz CT molecular complexity index is 1060. The molecule has 0 spiro atoms. The number of amides is 1. The molecule has 1 amide bonds. The number of halogens is 2. The summed E-state index contributed by atoms with van der Waals surface area (Å²) >= 11 is 12.9. The third-order valence-electron chi connectivity index (χ3n) is 5.62. The molecule has 1 saturated heterocycles. The van der Waals surface area contributed by atoms with Gasteiger partial charge in [0.05, 0.1) is 24.9 Å². The number of hydrogen-bond acceptors (Lipinski definition) is 3. The van der Waals surface area contributed by atoms with E-state index in [2.05, 4.69) is 17.2 Å². The molecule has 30 heavy (non-hydrogen) atoms. The average molecular weight is 444 g/mol. The molecule has 5 nitrogen and oxygen atoms in total. The Morgan fingerprint density at radius 1 is 1.17 bits per heavy atom. The van der Waals surface area contributed by atoms with E-state index in [4.69, 9.17) is 27.9 Å². The average Bonchev–Trinajstić information content (AvgIpc) is 3.35. The van der Waals surface area contributed by atoms with E-state index in [1.54, 1.807) is 11.8 Å². The molecule has 3 aromatic rings. The van der Waals surface area contributed by atoms with Gasteiger partial charge in [-0.1, -0.05) is 53.5 Å². The molecule has 1 aliphatic heterocycles. The topological polar surface area (TPSA) is 47.4 Å². The lowest BCUT2D eigenvalue weighted by molar-refractivity contribution is 0.0790. The number of aromatic nitrogens is 2. The van der Waals surface area contributed by atoms with Crippen LogP contribution in [0, 0.1) is 6.92 Å². The molecule has 0 saturated carbocycles. The summed E-state index contributed by atoms with van der Waals surface area (Å²) in [5.41, 5.74) is 3.22. The normalized spacial score (nSPS) is 16.1. The Balaban J connectivity index is 1.51. The largest absolute Gasteiger partial charge is 0.497 e. The van der Waals surface area contributed by atoms with Crippen LogP contribution in [0.3, 0.4) is 0 Å². The van der Waals surface area contributed by atoms with Gasteiger partial charge in [0.25, 0.3) is 5.91 Å². The molecule has 1 aromatic heterocycles. The van der Waals surface area contributed by atoms with Gasteiger partial charge >= 0.3 is 0 Å². The standard InChI is InChI=1S/C23H23Cl2N3O2/c1-15-21(22(25)28(26-15)14-18-5-3-4-6-20(18)24)23(29)27-12-11-17(13-27)16-7-9-19(30-2)10-8-16/h3-10,17H,11-14H2,1-2H3. The third kappa shape index (κ3) is 4.05. The number of methoxy groups -OCH3 is 1. The lowest BCUT2D eigenvalue weighted by Crippen LogP contribution is -2.29. The lowest BCUT2D eigenvalue weighted by Gasteiger charge is -2.17. The van der Waals surface area contributed by atoms with Crippen molar-refractivity contribution in [2.45, 2.75) is 25.8 Å². The maximum atomic E-state index is 13.2. The van der Waals surface area contributed by atoms with Crippen LogP contribution in [0.15, 0.2) is 48.5 Å². The van der Waals surface area contributed by atoms with Crippen LogP contribution in [-0.2, 0) is 6.54 Å². The van der Waals surface area contributed by atoms with Crippen LogP contribution < -0.4 is 4.74 Å². The van der Waals surface area contributed by atoms with E-state index in [0.29, 0.717) is 47.0 Å². The Morgan fingerprint density at radius 2 is 1.90 bits per heavy atom. The van der Waals surface area contributed by atoms with E-state index in [-0.39, 0.29) is 5.91 Å². The molecule has 1 aliphatic rings. The van der Waals surface area contributed by atoms with Crippen molar-refractivity contribution >= 4 is 29.1 Å². The number of ether oxygens (including phenoxy) is 1. The minimum Gasteiger partial charge on any atom is -0.497 e. The van der Waals surface area contributed by atoms with E-state index in [0.717, 1.165) is 17.7 Å². The molecule has 156 valence electrons. The van der Waals surface area contributed by atoms with Crippen LogP contribution in [0.5, 0.6) is 5.75 Å². The highest BCUT2D eigenvalue weighted by Gasteiger charge is 2.31. The van der Waals surface area contributed by atoms with Crippen LogP contribution in [-0.4, -0.2) is 40.8 Å². The van der Waals surface area contributed by atoms with Crippen molar-refractivity contribution in [3.63, 3.8) is 0 Å².